The summed E-state index contributed by atoms with van der Waals surface area (Å²) in [6.07, 6.45) is 1.62. The molecule has 29 heavy (non-hydrogen) atoms. The number of hydrogen-bond acceptors (Lipinski definition) is 5. The lowest BCUT2D eigenvalue weighted by Gasteiger charge is -2.14. The first kappa shape index (κ1) is 19.4. The number of amides is 1. The number of carboxylic acids is 1. The summed E-state index contributed by atoms with van der Waals surface area (Å²) < 4.78 is 6.15. The van der Waals surface area contributed by atoms with Gasteiger partial charge in [-0.1, -0.05) is 41.6 Å². The minimum Gasteiger partial charge on any atom is -0.478 e. The number of halogens is 1. The van der Waals surface area contributed by atoms with E-state index in [0.29, 0.717) is 31.5 Å². The topological polar surface area (TPSA) is 70.8 Å². The fourth-order valence-corrected chi connectivity index (χ4v) is 4.20. The summed E-state index contributed by atoms with van der Waals surface area (Å²) in [5, 5.41) is 9.80. The smallest absolute Gasteiger partial charge is 0.335 e. The number of carbonyl (C=O) groups excluding carboxylic acids is 1. The molecule has 1 N–H and O–H groups in total. The lowest BCUT2D eigenvalue weighted by Crippen LogP contribution is -2.27. The fourth-order valence-electron chi connectivity index (χ4n) is 2.80. The molecule has 0 saturated carbocycles. The Morgan fingerprint density at radius 1 is 1.14 bits per heavy atom. The van der Waals surface area contributed by atoms with Crippen LogP contribution in [-0.2, 0) is 4.79 Å². The van der Waals surface area contributed by atoms with Gasteiger partial charge in [0.15, 0.2) is 4.32 Å². The van der Waals surface area contributed by atoms with Gasteiger partial charge in [-0.2, -0.15) is 0 Å². The normalized spacial score (nSPS) is 15.3. The van der Waals surface area contributed by atoms with Crippen molar-refractivity contribution >= 4 is 63.5 Å². The molecule has 1 aromatic heterocycles. The Labute approximate surface area is 180 Å². The third-order valence-corrected chi connectivity index (χ3v) is 5.73. The largest absolute Gasteiger partial charge is 0.478 e. The lowest BCUT2D eigenvalue weighted by atomic mass is 10.2. The summed E-state index contributed by atoms with van der Waals surface area (Å²) in [4.78, 5) is 25.8. The van der Waals surface area contributed by atoms with E-state index < -0.39 is 5.97 Å². The number of rotatable bonds is 4. The number of thioether (sulfide) groups is 1. The van der Waals surface area contributed by atoms with Crippen LogP contribution < -0.4 is 4.90 Å². The van der Waals surface area contributed by atoms with Gasteiger partial charge in [0.05, 0.1) is 16.2 Å². The second-order valence-electron chi connectivity index (χ2n) is 6.08. The van der Waals surface area contributed by atoms with Crippen LogP contribution in [0, 0.1) is 0 Å². The molecule has 1 amide bonds. The average molecular weight is 442 g/mol. The first-order chi connectivity index (χ1) is 13.9. The first-order valence-corrected chi connectivity index (χ1v) is 10.00. The van der Waals surface area contributed by atoms with Crippen molar-refractivity contribution in [2.75, 3.05) is 4.90 Å². The van der Waals surface area contributed by atoms with Gasteiger partial charge in [0.2, 0.25) is 0 Å². The Bertz CT molecular complexity index is 1170. The highest BCUT2D eigenvalue weighted by Crippen LogP contribution is 2.37. The molecule has 2 heterocycles. The van der Waals surface area contributed by atoms with E-state index in [-0.39, 0.29) is 11.5 Å². The molecule has 1 aliphatic rings. The van der Waals surface area contributed by atoms with Crippen molar-refractivity contribution in [3.05, 3.63) is 81.9 Å². The molecule has 1 aliphatic heterocycles. The van der Waals surface area contributed by atoms with E-state index in [9.17, 15) is 9.59 Å². The predicted octanol–water partition coefficient (Wildman–Crippen LogP) is 5.70. The Hall–Kier alpha value is -2.87. The second-order valence-corrected chi connectivity index (χ2v) is 8.19. The van der Waals surface area contributed by atoms with Gasteiger partial charge in [-0.3, -0.25) is 9.69 Å². The summed E-state index contributed by atoms with van der Waals surface area (Å²) in [7, 11) is 0. The molecular weight excluding hydrogens is 430 g/mol. The minimum atomic E-state index is -1.07. The molecule has 5 nitrogen and oxygen atoms in total. The van der Waals surface area contributed by atoms with Crippen LogP contribution in [0.3, 0.4) is 0 Å². The molecule has 8 heteroatoms. The summed E-state index contributed by atoms with van der Waals surface area (Å²) in [5.41, 5.74) is 1.36. The zero-order chi connectivity index (χ0) is 20.5. The van der Waals surface area contributed by atoms with Crippen LogP contribution in [0.15, 0.2) is 70.0 Å². The highest BCUT2D eigenvalue weighted by Gasteiger charge is 2.33. The zero-order valence-electron chi connectivity index (χ0n) is 14.7. The van der Waals surface area contributed by atoms with Crippen LogP contribution in [0.1, 0.15) is 16.1 Å². The van der Waals surface area contributed by atoms with Gasteiger partial charge >= 0.3 is 5.97 Å². The number of hydrogen-bond donors (Lipinski definition) is 1. The number of thiocarbonyl (C=S) groups is 1. The van der Waals surface area contributed by atoms with Gasteiger partial charge in [0.1, 0.15) is 11.5 Å². The molecule has 2 aromatic carbocycles. The molecule has 3 aromatic rings. The molecule has 0 unspecified atom stereocenters. The predicted molar refractivity (Wildman–Crippen MR) is 118 cm³/mol. The third kappa shape index (κ3) is 3.98. The Morgan fingerprint density at radius 3 is 2.62 bits per heavy atom. The molecule has 0 radical (unpaired) electrons. The molecule has 0 spiro atoms. The zero-order valence-corrected chi connectivity index (χ0v) is 17.1. The number of carbonyl (C=O) groups is 2. The third-order valence-electron chi connectivity index (χ3n) is 4.17. The molecule has 1 saturated heterocycles. The average Bonchev–Trinajstić information content (AvgIpc) is 3.27. The van der Waals surface area contributed by atoms with Crippen molar-refractivity contribution in [2.24, 2.45) is 0 Å². The van der Waals surface area contributed by atoms with E-state index >= 15 is 0 Å². The van der Waals surface area contributed by atoms with Crippen molar-refractivity contribution in [1.29, 1.82) is 0 Å². The molecule has 1 fully saturated rings. The van der Waals surface area contributed by atoms with Gasteiger partial charge in [-0.25, -0.2) is 4.79 Å². The number of furan rings is 1. The van der Waals surface area contributed by atoms with Gasteiger partial charge in [-0.15, -0.1) is 0 Å². The van der Waals surface area contributed by atoms with Gasteiger partial charge in [-0.05, 0) is 54.6 Å². The van der Waals surface area contributed by atoms with E-state index in [1.165, 1.54) is 17.0 Å². The maximum Gasteiger partial charge on any atom is 0.335 e. The number of nitrogens with zero attached hydrogens (tertiary/aromatic N) is 1. The van der Waals surface area contributed by atoms with E-state index in [2.05, 4.69) is 0 Å². The van der Waals surface area contributed by atoms with Crippen LogP contribution in [0.25, 0.3) is 17.4 Å². The monoisotopic (exact) mass is 441 g/mol. The highest BCUT2D eigenvalue weighted by molar-refractivity contribution is 8.27. The molecule has 144 valence electrons. The second kappa shape index (κ2) is 7.87. The van der Waals surface area contributed by atoms with Gasteiger partial charge in [0, 0.05) is 16.7 Å². The molecule has 4 rings (SSSR count). The maximum atomic E-state index is 12.9. The summed E-state index contributed by atoms with van der Waals surface area (Å²) in [6, 6.07) is 16.9. The Morgan fingerprint density at radius 2 is 1.90 bits per heavy atom. The van der Waals surface area contributed by atoms with Crippen molar-refractivity contribution in [1.82, 2.24) is 0 Å². The van der Waals surface area contributed by atoms with Crippen LogP contribution >= 0.6 is 35.6 Å². The van der Waals surface area contributed by atoms with E-state index in [1.54, 1.807) is 36.4 Å². The molecule has 0 aliphatic carbocycles. The summed E-state index contributed by atoms with van der Waals surface area (Å²) >= 11 is 12.4. The number of aromatic carboxylic acids is 1. The first-order valence-electron chi connectivity index (χ1n) is 8.39. The van der Waals surface area contributed by atoms with Crippen LogP contribution in [0.4, 0.5) is 5.69 Å². The van der Waals surface area contributed by atoms with Gasteiger partial charge < -0.3 is 9.52 Å². The number of anilines is 1. The van der Waals surface area contributed by atoms with E-state index in [0.717, 1.165) is 17.3 Å². The lowest BCUT2D eigenvalue weighted by molar-refractivity contribution is -0.113. The Kier molecular flexibility index (Phi) is 5.27. The van der Waals surface area contributed by atoms with Crippen molar-refractivity contribution in [3.63, 3.8) is 0 Å². The fraction of sp³-hybridized carbons (Fsp3) is 0. The quantitative estimate of drug-likeness (QED) is 0.413. The maximum absolute atomic E-state index is 12.9. The van der Waals surface area contributed by atoms with Crippen molar-refractivity contribution in [3.8, 4) is 11.3 Å². The Balaban J connectivity index is 1.60. The minimum absolute atomic E-state index is 0.0826. The highest BCUT2D eigenvalue weighted by atomic mass is 35.5. The number of benzene rings is 2. The van der Waals surface area contributed by atoms with Crippen molar-refractivity contribution < 1.29 is 19.1 Å². The van der Waals surface area contributed by atoms with Gasteiger partial charge in [0.25, 0.3) is 5.91 Å². The molecular formula is C21H12ClNO4S2. The summed E-state index contributed by atoms with van der Waals surface area (Å²) in [5.74, 6) is -0.238. The number of carboxylic acid groups (broad SMARTS) is 1. The van der Waals surface area contributed by atoms with E-state index in [4.69, 9.17) is 33.3 Å². The van der Waals surface area contributed by atoms with Crippen LogP contribution in [0.2, 0.25) is 5.02 Å². The van der Waals surface area contributed by atoms with Crippen molar-refractivity contribution in [2.45, 2.75) is 0 Å². The summed E-state index contributed by atoms with van der Waals surface area (Å²) in [6.45, 7) is 0. The molecule has 0 bridgehead atoms. The standard InChI is InChI=1S/C21H12ClNO4S2/c22-14-6-4-12(5-7-14)17-9-8-16(27-17)11-18-19(24)23(21(28)29-18)15-3-1-2-13(10-15)20(25)26/h1-11H,(H,25,26)/b18-11+. The van der Waals surface area contributed by atoms with E-state index in [1.807, 2.05) is 18.2 Å². The molecule has 0 atom stereocenters. The SMILES string of the molecule is O=C(O)c1cccc(N2C(=O)/C(=C\c3ccc(-c4ccc(Cl)cc4)o3)SC2=S)c1. The van der Waals surface area contributed by atoms with Crippen LogP contribution in [-0.4, -0.2) is 21.3 Å². The van der Waals surface area contributed by atoms with Crippen LogP contribution in [0.5, 0.6) is 0 Å².